The van der Waals surface area contributed by atoms with Crippen molar-refractivity contribution in [3.05, 3.63) is 52.0 Å². The van der Waals surface area contributed by atoms with Crippen molar-refractivity contribution in [3.8, 4) is 0 Å². The van der Waals surface area contributed by atoms with Crippen LogP contribution in [0, 0.1) is 0 Å². The van der Waals surface area contributed by atoms with Crippen molar-refractivity contribution in [3.63, 3.8) is 0 Å². The number of carbonyl (C=O) groups excluding carboxylic acids is 1. The molecule has 5 nitrogen and oxygen atoms in total. The fourth-order valence-electron chi connectivity index (χ4n) is 3.53. The average Bonchev–Trinajstić information content (AvgIpc) is 3.21. The molecular weight excluding hydrogens is 565 g/mol. The van der Waals surface area contributed by atoms with Crippen molar-refractivity contribution in [1.82, 2.24) is 9.88 Å². The Morgan fingerprint density at radius 2 is 1.97 bits per heavy atom. The number of thioether (sulfide) groups is 1. The maximum Gasteiger partial charge on any atom is 0.229 e. The SMILES string of the molecule is Cl.O=C(CCSc1ccc(Cl)cc1)N(CCCN1CCOCC1)c1nc2ccc(Br)cc2s1. The molecule has 1 fully saturated rings. The standard InChI is InChI=1S/C23H25BrClN3O2S2.ClH/c24-17-2-7-20-21(16-17)32-23(26-20)28(10-1-9-27-11-13-30-14-12-27)22(29)8-15-31-19-5-3-18(25)4-6-19;/h2-7,16H,1,8-15H2;1H. The van der Waals surface area contributed by atoms with Crippen molar-refractivity contribution < 1.29 is 9.53 Å². The summed E-state index contributed by atoms with van der Waals surface area (Å²) in [7, 11) is 0. The van der Waals surface area contributed by atoms with Gasteiger partial charge in [0.25, 0.3) is 0 Å². The molecule has 1 amide bonds. The molecule has 1 aromatic heterocycles. The Bertz CT molecular complexity index is 1050. The predicted molar refractivity (Wildman–Crippen MR) is 146 cm³/mol. The summed E-state index contributed by atoms with van der Waals surface area (Å²) >= 11 is 12.7. The van der Waals surface area contributed by atoms with E-state index in [1.54, 1.807) is 23.1 Å². The number of aromatic nitrogens is 1. The maximum atomic E-state index is 13.2. The summed E-state index contributed by atoms with van der Waals surface area (Å²) < 4.78 is 7.54. The third-order valence-electron chi connectivity index (χ3n) is 5.23. The van der Waals surface area contributed by atoms with Gasteiger partial charge in [0.2, 0.25) is 5.91 Å². The molecule has 0 atom stereocenters. The van der Waals surface area contributed by atoms with E-state index >= 15 is 0 Å². The van der Waals surface area contributed by atoms with E-state index < -0.39 is 0 Å². The molecule has 0 N–H and O–H groups in total. The smallest absolute Gasteiger partial charge is 0.229 e. The summed E-state index contributed by atoms with van der Waals surface area (Å²) in [6.07, 6.45) is 1.38. The largest absolute Gasteiger partial charge is 0.379 e. The van der Waals surface area contributed by atoms with Crippen LogP contribution in [0.5, 0.6) is 0 Å². The van der Waals surface area contributed by atoms with Gasteiger partial charge < -0.3 is 4.74 Å². The third-order valence-corrected chi connectivity index (χ3v) is 8.03. The highest BCUT2D eigenvalue weighted by atomic mass is 79.9. The lowest BCUT2D eigenvalue weighted by Crippen LogP contribution is -2.39. The van der Waals surface area contributed by atoms with Crippen LogP contribution in [0.2, 0.25) is 5.02 Å². The molecule has 33 heavy (non-hydrogen) atoms. The van der Waals surface area contributed by atoms with E-state index in [1.165, 1.54) is 0 Å². The van der Waals surface area contributed by atoms with Crippen LogP contribution in [0.4, 0.5) is 5.13 Å². The van der Waals surface area contributed by atoms with Gasteiger partial charge in [0.05, 0.1) is 23.4 Å². The van der Waals surface area contributed by atoms with E-state index in [4.69, 9.17) is 21.3 Å². The molecule has 2 aromatic carbocycles. The number of anilines is 1. The van der Waals surface area contributed by atoms with Crippen molar-refractivity contribution in [1.29, 1.82) is 0 Å². The molecule has 0 unspecified atom stereocenters. The minimum Gasteiger partial charge on any atom is -0.379 e. The monoisotopic (exact) mass is 589 g/mol. The van der Waals surface area contributed by atoms with Gasteiger partial charge >= 0.3 is 0 Å². The number of ether oxygens (including phenoxy) is 1. The van der Waals surface area contributed by atoms with Crippen LogP contribution < -0.4 is 4.90 Å². The molecule has 3 aromatic rings. The van der Waals surface area contributed by atoms with Crippen molar-refractivity contribution in [2.24, 2.45) is 0 Å². The van der Waals surface area contributed by atoms with Gasteiger partial charge in [-0.1, -0.05) is 38.9 Å². The van der Waals surface area contributed by atoms with E-state index in [0.717, 1.165) is 74.8 Å². The highest BCUT2D eigenvalue weighted by Gasteiger charge is 2.20. The summed E-state index contributed by atoms with van der Waals surface area (Å²) in [5.74, 6) is 0.836. The Labute approximate surface area is 222 Å². The van der Waals surface area contributed by atoms with E-state index in [2.05, 4.69) is 26.9 Å². The normalized spacial score (nSPS) is 14.2. The number of benzene rings is 2. The molecule has 4 rings (SSSR count). The van der Waals surface area contributed by atoms with Gasteiger partial charge in [0.15, 0.2) is 5.13 Å². The summed E-state index contributed by atoms with van der Waals surface area (Å²) in [4.78, 5) is 23.4. The topological polar surface area (TPSA) is 45.7 Å². The number of halogens is 3. The number of amides is 1. The highest BCUT2D eigenvalue weighted by molar-refractivity contribution is 9.10. The molecular formula is C23H26BrCl2N3O2S2. The Kier molecular flexibility index (Phi) is 10.8. The highest BCUT2D eigenvalue weighted by Crippen LogP contribution is 2.32. The first-order valence-electron chi connectivity index (χ1n) is 10.6. The fraction of sp³-hybridized carbons (Fsp3) is 0.391. The lowest BCUT2D eigenvalue weighted by atomic mass is 10.3. The number of thiazole rings is 1. The Hall–Kier alpha value is -0.870. The molecule has 0 aliphatic carbocycles. The molecule has 1 saturated heterocycles. The lowest BCUT2D eigenvalue weighted by Gasteiger charge is -2.27. The molecule has 0 bridgehead atoms. The van der Waals surface area contributed by atoms with Crippen LogP contribution in [0.25, 0.3) is 10.2 Å². The van der Waals surface area contributed by atoms with E-state index in [9.17, 15) is 4.79 Å². The third kappa shape index (κ3) is 7.82. The second-order valence-corrected chi connectivity index (χ2v) is 11.0. The summed E-state index contributed by atoms with van der Waals surface area (Å²) in [6.45, 7) is 5.13. The molecule has 1 aliphatic heterocycles. The van der Waals surface area contributed by atoms with E-state index in [1.807, 2.05) is 41.3 Å². The first-order chi connectivity index (χ1) is 15.6. The molecule has 0 spiro atoms. The number of nitrogens with zero attached hydrogens (tertiary/aromatic N) is 3. The fourth-order valence-corrected chi connectivity index (χ4v) is 6.06. The molecule has 10 heteroatoms. The van der Waals surface area contributed by atoms with Gasteiger partial charge in [-0.3, -0.25) is 14.6 Å². The van der Waals surface area contributed by atoms with Gasteiger partial charge in [0.1, 0.15) is 0 Å². The quantitative estimate of drug-likeness (QED) is 0.271. The minimum atomic E-state index is 0. The minimum absolute atomic E-state index is 0. The van der Waals surface area contributed by atoms with Gasteiger partial charge in [-0.15, -0.1) is 24.2 Å². The number of fused-ring (bicyclic) bond motifs is 1. The number of hydrogen-bond donors (Lipinski definition) is 0. The zero-order chi connectivity index (χ0) is 22.3. The Morgan fingerprint density at radius 3 is 2.73 bits per heavy atom. The van der Waals surface area contributed by atoms with Gasteiger partial charge in [0, 0.05) is 52.7 Å². The maximum absolute atomic E-state index is 13.2. The molecule has 0 saturated carbocycles. The van der Waals surface area contributed by atoms with Crippen LogP contribution >= 0.6 is 63.0 Å². The van der Waals surface area contributed by atoms with Crippen molar-refractivity contribution in [2.45, 2.75) is 17.7 Å². The summed E-state index contributed by atoms with van der Waals surface area (Å²) in [5, 5.41) is 1.50. The summed E-state index contributed by atoms with van der Waals surface area (Å²) in [5.41, 5.74) is 0.926. The lowest BCUT2D eigenvalue weighted by molar-refractivity contribution is -0.118. The van der Waals surface area contributed by atoms with Crippen LogP contribution in [-0.4, -0.2) is 60.9 Å². The average molecular weight is 591 g/mol. The Balaban J connectivity index is 0.00000306. The van der Waals surface area contributed by atoms with Crippen LogP contribution in [0.1, 0.15) is 12.8 Å². The first-order valence-corrected chi connectivity index (χ1v) is 13.6. The van der Waals surface area contributed by atoms with E-state index in [0.29, 0.717) is 13.0 Å². The number of carbonyl (C=O) groups is 1. The first kappa shape index (κ1) is 26.7. The molecule has 0 radical (unpaired) electrons. The van der Waals surface area contributed by atoms with Crippen molar-refractivity contribution >= 4 is 84.3 Å². The molecule has 2 heterocycles. The van der Waals surface area contributed by atoms with Crippen LogP contribution in [-0.2, 0) is 9.53 Å². The number of hydrogen-bond acceptors (Lipinski definition) is 6. The van der Waals surface area contributed by atoms with Gasteiger partial charge in [-0.25, -0.2) is 4.98 Å². The zero-order valence-corrected chi connectivity index (χ0v) is 22.8. The van der Waals surface area contributed by atoms with Gasteiger partial charge in [-0.05, 0) is 48.9 Å². The molecule has 178 valence electrons. The van der Waals surface area contributed by atoms with Crippen LogP contribution in [0.3, 0.4) is 0 Å². The van der Waals surface area contributed by atoms with E-state index in [-0.39, 0.29) is 18.3 Å². The summed E-state index contributed by atoms with van der Waals surface area (Å²) in [6, 6.07) is 13.8. The Morgan fingerprint density at radius 1 is 1.21 bits per heavy atom. The number of morpholine rings is 1. The number of rotatable bonds is 9. The zero-order valence-electron chi connectivity index (χ0n) is 18.0. The van der Waals surface area contributed by atoms with Crippen molar-refractivity contribution in [2.75, 3.05) is 50.0 Å². The second-order valence-electron chi connectivity index (χ2n) is 7.51. The van der Waals surface area contributed by atoms with Gasteiger partial charge in [-0.2, -0.15) is 0 Å². The van der Waals surface area contributed by atoms with Crippen LogP contribution in [0.15, 0.2) is 51.8 Å². The second kappa shape index (κ2) is 13.3. The molecule has 1 aliphatic rings. The predicted octanol–water partition coefficient (Wildman–Crippen LogP) is 6.37.